The van der Waals surface area contributed by atoms with Crippen molar-refractivity contribution in [2.45, 2.75) is 52.4 Å². The number of hydrogen-bond acceptors (Lipinski definition) is 1. The van der Waals surface area contributed by atoms with Crippen LogP contribution >= 0.6 is 0 Å². The van der Waals surface area contributed by atoms with Crippen LogP contribution in [-0.4, -0.2) is 11.1 Å². The lowest BCUT2D eigenvalue weighted by Crippen LogP contribution is -2.08. The quantitative estimate of drug-likeness (QED) is 0.810. The van der Waals surface area contributed by atoms with E-state index in [0.717, 1.165) is 19.3 Å². The zero-order valence-electron chi connectivity index (χ0n) is 11.0. The van der Waals surface area contributed by atoms with Gasteiger partial charge in [0.1, 0.15) is 0 Å². The van der Waals surface area contributed by atoms with Crippen LogP contribution in [0.3, 0.4) is 0 Å². The molecule has 0 saturated carbocycles. The molecule has 1 rings (SSSR count). The first kappa shape index (κ1) is 13.8. The summed E-state index contributed by atoms with van der Waals surface area (Å²) in [5.41, 5.74) is 3.77. The predicted molar refractivity (Wildman–Crippen MR) is 70.5 cm³/mol. The lowest BCUT2D eigenvalue weighted by atomic mass is 9.86. The lowest BCUT2D eigenvalue weighted by molar-refractivity contribution is -0.137. The van der Waals surface area contributed by atoms with Crippen molar-refractivity contribution in [3.05, 3.63) is 34.9 Å². The van der Waals surface area contributed by atoms with Gasteiger partial charge in [-0.1, -0.05) is 44.0 Å². The van der Waals surface area contributed by atoms with Gasteiger partial charge < -0.3 is 5.11 Å². The summed E-state index contributed by atoms with van der Waals surface area (Å²) in [6.07, 6.45) is 3.18. The van der Waals surface area contributed by atoms with E-state index < -0.39 is 5.97 Å². The second-order valence-electron chi connectivity index (χ2n) is 4.64. The van der Waals surface area contributed by atoms with Crippen molar-refractivity contribution >= 4 is 5.97 Å². The zero-order valence-corrected chi connectivity index (χ0v) is 11.0. The SMILES string of the molecule is CCCC(CC(=O)O)c1ccc(C)cc1CC. The number of rotatable bonds is 6. The highest BCUT2D eigenvalue weighted by Crippen LogP contribution is 2.29. The van der Waals surface area contributed by atoms with Gasteiger partial charge in [0.05, 0.1) is 6.42 Å². The van der Waals surface area contributed by atoms with Crippen LogP contribution in [0.15, 0.2) is 18.2 Å². The third-order valence-corrected chi connectivity index (χ3v) is 3.18. The average molecular weight is 234 g/mol. The molecule has 0 spiro atoms. The first-order valence-corrected chi connectivity index (χ1v) is 6.39. The van der Waals surface area contributed by atoms with Gasteiger partial charge >= 0.3 is 5.97 Å². The molecule has 0 radical (unpaired) electrons. The molecule has 94 valence electrons. The molecular formula is C15H22O2. The Hall–Kier alpha value is -1.31. The second kappa shape index (κ2) is 6.43. The standard InChI is InChI=1S/C15H22O2/c1-4-6-13(10-15(16)17)14-8-7-11(3)9-12(14)5-2/h7-9,13H,4-6,10H2,1-3H3,(H,16,17). The van der Waals surface area contributed by atoms with E-state index in [1.165, 1.54) is 16.7 Å². The van der Waals surface area contributed by atoms with Crippen LogP contribution in [0.4, 0.5) is 0 Å². The highest BCUT2D eigenvalue weighted by Gasteiger charge is 2.17. The zero-order chi connectivity index (χ0) is 12.8. The maximum atomic E-state index is 10.9. The summed E-state index contributed by atoms with van der Waals surface area (Å²) >= 11 is 0. The Labute approximate surface area is 104 Å². The Morgan fingerprint density at radius 2 is 2.06 bits per heavy atom. The summed E-state index contributed by atoms with van der Waals surface area (Å²) in [6, 6.07) is 6.37. The minimum Gasteiger partial charge on any atom is -0.481 e. The Bertz CT molecular complexity index is 383. The van der Waals surface area contributed by atoms with Crippen LogP contribution in [-0.2, 0) is 11.2 Å². The van der Waals surface area contributed by atoms with Gasteiger partial charge in [0.2, 0.25) is 0 Å². The molecule has 1 aromatic rings. The van der Waals surface area contributed by atoms with Gasteiger partial charge in [0.25, 0.3) is 0 Å². The molecule has 1 aromatic carbocycles. The van der Waals surface area contributed by atoms with E-state index in [-0.39, 0.29) is 12.3 Å². The van der Waals surface area contributed by atoms with Gasteiger partial charge in [-0.3, -0.25) is 4.79 Å². The van der Waals surface area contributed by atoms with Gasteiger partial charge in [-0.2, -0.15) is 0 Å². The summed E-state index contributed by atoms with van der Waals surface area (Å²) in [6.45, 7) is 6.31. The summed E-state index contributed by atoms with van der Waals surface area (Å²) in [5, 5.41) is 8.99. The molecule has 1 N–H and O–H groups in total. The van der Waals surface area contributed by atoms with Crippen LogP contribution < -0.4 is 0 Å². The number of aliphatic carboxylic acids is 1. The smallest absolute Gasteiger partial charge is 0.303 e. The average Bonchev–Trinajstić information content (AvgIpc) is 2.27. The molecule has 1 unspecified atom stereocenters. The molecule has 1 atom stereocenters. The minimum absolute atomic E-state index is 0.160. The number of benzene rings is 1. The van der Waals surface area contributed by atoms with Gasteiger partial charge in [-0.05, 0) is 36.8 Å². The van der Waals surface area contributed by atoms with Crippen molar-refractivity contribution in [3.8, 4) is 0 Å². The summed E-state index contributed by atoms with van der Waals surface area (Å²) in [7, 11) is 0. The fourth-order valence-electron chi connectivity index (χ4n) is 2.37. The van der Waals surface area contributed by atoms with E-state index in [4.69, 9.17) is 5.11 Å². The van der Waals surface area contributed by atoms with Crippen molar-refractivity contribution in [2.75, 3.05) is 0 Å². The molecule has 0 amide bonds. The number of carboxylic acid groups (broad SMARTS) is 1. The molecule has 0 aliphatic carbocycles. The molecule has 0 aromatic heterocycles. The first-order chi connectivity index (χ1) is 8.08. The van der Waals surface area contributed by atoms with Crippen molar-refractivity contribution < 1.29 is 9.90 Å². The summed E-state index contributed by atoms with van der Waals surface area (Å²) < 4.78 is 0. The van der Waals surface area contributed by atoms with E-state index >= 15 is 0 Å². The van der Waals surface area contributed by atoms with Crippen LogP contribution in [0.5, 0.6) is 0 Å². The Kier molecular flexibility index (Phi) is 5.20. The van der Waals surface area contributed by atoms with Crippen LogP contribution in [0.1, 0.15) is 55.7 Å². The summed E-state index contributed by atoms with van der Waals surface area (Å²) in [4.78, 5) is 10.9. The third kappa shape index (κ3) is 3.88. The topological polar surface area (TPSA) is 37.3 Å². The van der Waals surface area contributed by atoms with Crippen LogP contribution in [0.2, 0.25) is 0 Å². The Balaban J connectivity index is 3.03. The maximum Gasteiger partial charge on any atom is 0.303 e. The van der Waals surface area contributed by atoms with Crippen molar-refractivity contribution in [1.29, 1.82) is 0 Å². The van der Waals surface area contributed by atoms with Gasteiger partial charge in [0, 0.05) is 0 Å². The highest BCUT2D eigenvalue weighted by molar-refractivity contribution is 5.68. The normalized spacial score (nSPS) is 12.4. The molecule has 0 bridgehead atoms. The third-order valence-electron chi connectivity index (χ3n) is 3.18. The van der Waals surface area contributed by atoms with Crippen molar-refractivity contribution in [3.63, 3.8) is 0 Å². The Morgan fingerprint density at radius 3 is 2.59 bits per heavy atom. The molecule has 2 heteroatoms. The number of carbonyl (C=O) groups is 1. The maximum absolute atomic E-state index is 10.9. The van der Waals surface area contributed by atoms with Crippen molar-refractivity contribution in [1.82, 2.24) is 0 Å². The summed E-state index contributed by atoms with van der Waals surface area (Å²) in [5.74, 6) is -0.542. The molecule has 0 aliphatic rings. The minimum atomic E-state index is -0.703. The predicted octanol–water partition coefficient (Wildman–Crippen LogP) is 3.92. The molecule has 2 nitrogen and oxygen atoms in total. The number of hydrogen-bond donors (Lipinski definition) is 1. The van der Waals surface area contributed by atoms with Crippen LogP contribution in [0, 0.1) is 6.92 Å². The first-order valence-electron chi connectivity index (χ1n) is 6.39. The lowest BCUT2D eigenvalue weighted by Gasteiger charge is -2.18. The van der Waals surface area contributed by atoms with E-state index in [2.05, 4.69) is 39.0 Å². The molecule has 17 heavy (non-hydrogen) atoms. The van der Waals surface area contributed by atoms with E-state index in [0.29, 0.717) is 0 Å². The second-order valence-corrected chi connectivity index (χ2v) is 4.64. The fraction of sp³-hybridized carbons (Fsp3) is 0.533. The molecule has 0 saturated heterocycles. The van der Waals surface area contributed by atoms with Crippen LogP contribution in [0.25, 0.3) is 0 Å². The number of carboxylic acids is 1. The monoisotopic (exact) mass is 234 g/mol. The van der Waals surface area contributed by atoms with Gasteiger partial charge in [0.15, 0.2) is 0 Å². The van der Waals surface area contributed by atoms with Gasteiger partial charge in [-0.25, -0.2) is 0 Å². The largest absolute Gasteiger partial charge is 0.481 e. The molecule has 0 heterocycles. The van der Waals surface area contributed by atoms with E-state index in [1.54, 1.807) is 0 Å². The molecule has 0 fully saturated rings. The fourth-order valence-corrected chi connectivity index (χ4v) is 2.37. The van der Waals surface area contributed by atoms with Gasteiger partial charge in [-0.15, -0.1) is 0 Å². The van der Waals surface area contributed by atoms with Crippen molar-refractivity contribution in [2.24, 2.45) is 0 Å². The van der Waals surface area contributed by atoms with E-state index in [1.807, 2.05) is 0 Å². The van der Waals surface area contributed by atoms with E-state index in [9.17, 15) is 4.79 Å². The molecular weight excluding hydrogens is 212 g/mol. The molecule has 0 aliphatic heterocycles. The Morgan fingerprint density at radius 1 is 1.35 bits per heavy atom. The number of aryl methyl sites for hydroxylation is 2. The highest BCUT2D eigenvalue weighted by atomic mass is 16.4.